The average molecular weight is 493 g/mol. The zero-order valence-electron chi connectivity index (χ0n) is 16.7. The molecule has 13 heteroatoms. The van der Waals surface area contributed by atoms with Crippen LogP contribution in [0.5, 0.6) is 0 Å². The molecule has 1 aromatic heterocycles. The van der Waals surface area contributed by atoms with E-state index < -0.39 is 27.9 Å². The maximum atomic E-state index is 12.9. The molecule has 0 saturated heterocycles. The van der Waals surface area contributed by atoms with Crippen molar-refractivity contribution in [2.24, 2.45) is 0 Å². The van der Waals surface area contributed by atoms with Crippen molar-refractivity contribution >= 4 is 67.4 Å². The Morgan fingerprint density at radius 1 is 1.37 bits per heavy atom. The van der Waals surface area contributed by atoms with Crippen molar-refractivity contribution in [2.75, 3.05) is 28.7 Å². The molecule has 0 radical (unpaired) electrons. The SMILES string of the molecule is CCC(C(=O)Nc1nnc(SCC(=O)OC)s1)N(c1cc(Cl)ccc1C)S(C)(=O)=O. The second kappa shape index (κ2) is 10.4. The first-order valence-electron chi connectivity index (χ1n) is 8.66. The lowest BCUT2D eigenvalue weighted by Gasteiger charge is -2.31. The Morgan fingerprint density at radius 3 is 2.67 bits per heavy atom. The van der Waals surface area contributed by atoms with Crippen LogP contribution in [-0.4, -0.2) is 55.7 Å². The molecular formula is C17H21ClN4O5S3. The number of aryl methyl sites for hydroxylation is 1. The van der Waals surface area contributed by atoms with Crippen LogP contribution in [-0.2, 0) is 24.3 Å². The number of sulfonamides is 1. The average Bonchev–Trinajstić information content (AvgIpc) is 3.12. The highest BCUT2D eigenvalue weighted by molar-refractivity contribution is 8.01. The lowest BCUT2D eigenvalue weighted by Crippen LogP contribution is -2.47. The monoisotopic (exact) mass is 492 g/mol. The fourth-order valence-corrected chi connectivity index (χ4v) is 5.56. The minimum Gasteiger partial charge on any atom is -0.468 e. The van der Waals surface area contributed by atoms with Crippen LogP contribution in [0.3, 0.4) is 0 Å². The Kier molecular flexibility index (Phi) is 8.47. The Bertz CT molecular complexity index is 1030. The Labute approximate surface area is 188 Å². The largest absolute Gasteiger partial charge is 0.468 e. The predicted molar refractivity (Wildman–Crippen MR) is 119 cm³/mol. The van der Waals surface area contributed by atoms with Crippen LogP contribution >= 0.6 is 34.7 Å². The number of thioether (sulfide) groups is 1. The quantitative estimate of drug-likeness (QED) is 0.322. The topological polar surface area (TPSA) is 119 Å². The van der Waals surface area contributed by atoms with Gasteiger partial charge in [-0.25, -0.2) is 8.42 Å². The van der Waals surface area contributed by atoms with Gasteiger partial charge in [-0.05, 0) is 31.0 Å². The van der Waals surface area contributed by atoms with Crippen LogP contribution in [0, 0.1) is 6.92 Å². The fourth-order valence-electron chi connectivity index (χ4n) is 2.54. The molecule has 0 spiro atoms. The number of rotatable bonds is 9. The number of carbonyl (C=O) groups excluding carboxylic acids is 2. The molecule has 1 aromatic carbocycles. The number of benzene rings is 1. The number of esters is 1. The third kappa shape index (κ3) is 6.30. The maximum Gasteiger partial charge on any atom is 0.316 e. The standard InChI is InChI=1S/C17H21ClN4O5S3/c1-5-12(22(30(4,25)26)13-8-11(18)7-6-10(13)2)15(24)19-16-20-21-17(29-16)28-9-14(23)27-3/h6-8,12H,5,9H2,1-4H3,(H,19,20,24). The van der Waals surface area contributed by atoms with E-state index in [1.165, 1.54) is 13.2 Å². The van der Waals surface area contributed by atoms with Crippen molar-refractivity contribution in [2.45, 2.75) is 30.6 Å². The molecule has 0 fully saturated rings. The Hall–Kier alpha value is -1.89. The molecule has 1 N–H and O–H groups in total. The molecule has 0 saturated carbocycles. The van der Waals surface area contributed by atoms with Crippen molar-refractivity contribution in [3.05, 3.63) is 28.8 Å². The van der Waals surface area contributed by atoms with Crippen LogP contribution in [0.4, 0.5) is 10.8 Å². The van der Waals surface area contributed by atoms with E-state index in [-0.39, 0.29) is 17.3 Å². The van der Waals surface area contributed by atoms with Crippen LogP contribution in [0.15, 0.2) is 22.5 Å². The molecule has 0 aliphatic rings. The van der Waals surface area contributed by atoms with E-state index in [1.807, 2.05) is 0 Å². The van der Waals surface area contributed by atoms with Crippen molar-refractivity contribution in [1.82, 2.24) is 10.2 Å². The molecule has 0 aliphatic heterocycles. The number of hydrogen-bond donors (Lipinski definition) is 1. The van der Waals surface area contributed by atoms with Gasteiger partial charge in [0.1, 0.15) is 6.04 Å². The number of halogens is 1. The van der Waals surface area contributed by atoms with E-state index in [0.29, 0.717) is 20.6 Å². The number of amides is 1. The molecular weight excluding hydrogens is 472 g/mol. The number of ether oxygens (including phenoxy) is 1. The molecule has 9 nitrogen and oxygen atoms in total. The summed E-state index contributed by atoms with van der Waals surface area (Å²) >= 11 is 8.26. The first-order chi connectivity index (χ1) is 14.1. The van der Waals surface area contributed by atoms with E-state index in [0.717, 1.165) is 33.7 Å². The molecule has 30 heavy (non-hydrogen) atoms. The Morgan fingerprint density at radius 2 is 2.07 bits per heavy atom. The van der Waals surface area contributed by atoms with Crippen molar-refractivity contribution in [1.29, 1.82) is 0 Å². The highest BCUT2D eigenvalue weighted by Gasteiger charge is 2.33. The van der Waals surface area contributed by atoms with E-state index >= 15 is 0 Å². The molecule has 0 bridgehead atoms. The summed E-state index contributed by atoms with van der Waals surface area (Å²) in [5.41, 5.74) is 0.993. The number of carbonyl (C=O) groups is 2. The van der Waals surface area contributed by atoms with Gasteiger partial charge < -0.3 is 4.74 Å². The highest BCUT2D eigenvalue weighted by atomic mass is 35.5. The van der Waals surface area contributed by atoms with Gasteiger partial charge in [-0.1, -0.05) is 47.7 Å². The molecule has 1 unspecified atom stereocenters. The number of methoxy groups -OCH3 is 1. The summed E-state index contributed by atoms with van der Waals surface area (Å²) in [6.45, 7) is 3.45. The molecule has 1 amide bonds. The van der Waals surface area contributed by atoms with Crippen LogP contribution in [0.1, 0.15) is 18.9 Å². The van der Waals surface area contributed by atoms with Crippen LogP contribution in [0.25, 0.3) is 0 Å². The normalized spacial score (nSPS) is 12.3. The molecule has 2 aromatic rings. The molecule has 164 valence electrons. The molecule has 2 rings (SSSR count). The predicted octanol–water partition coefficient (Wildman–Crippen LogP) is 2.95. The number of hydrogen-bond acceptors (Lipinski definition) is 9. The van der Waals surface area contributed by atoms with Gasteiger partial charge in [0.05, 0.1) is 24.8 Å². The van der Waals surface area contributed by atoms with Gasteiger partial charge in [-0.2, -0.15) is 0 Å². The third-order valence-corrected chi connectivity index (χ3v) is 7.26. The Balaban J connectivity index is 2.26. The van der Waals surface area contributed by atoms with Gasteiger partial charge in [0.15, 0.2) is 4.34 Å². The summed E-state index contributed by atoms with van der Waals surface area (Å²) in [6, 6.07) is 3.83. The zero-order valence-corrected chi connectivity index (χ0v) is 19.9. The van der Waals surface area contributed by atoms with Crippen molar-refractivity contribution < 1.29 is 22.7 Å². The smallest absolute Gasteiger partial charge is 0.316 e. The minimum atomic E-state index is -3.80. The number of aromatic nitrogens is 2. The first kappa shape index (κ1) is 24.4. The summed E-state index contributed by atoms with van der Waals surface area (Å²) in [7, 11) is -2.51. The summed E-state index contributed by atoms with van der Waals surface area (Å²) in [5, 5.41) is 10.9. The van der Waals surface area contributed by atoms with Crippen molar-refractivity contribution in [3.8, 4) is 0 Å². The summed E-state index contributed by atoms with van der Waals surface area (Å²) < 4.78 is 31.2. The number of nitrogens with zero attached hydrogens (tertiary/aromatic N) is 3. The van der Waals surface area contributed by atoms with Crippen LogP contribution in [0.2, 0.25) is 5.02 Å². The van der Waals surface area contributed by atoms with Gasteiger partial charge in [0.25, 0.3) is 0 Å². The highest BCUT2D eigenvalue weighted by Crippen LogP contribution is 2.30. The fraction of sp³-hybridized carbons (Fsp3) is 0.412. The molecule has 0 aliphatic carbocycles. The number of nitrogens with one attached hydrogen (secondary N) is 1. The number of anilines is 2. The maximum absolute atomic E-state index is 12.9. The lowest BCUT2D eigenvalue weighted by molar-refractivity contribution is -0.137. The van der Waals surface area contributed by atoms with Gasteiger partial charge in [0, 0.05) is 5.02 Å². The van der Waals surface area contributed by atoms with Gasteiger partial charge in [-0.3, -0.25) is 19.2 Å². The van der Waals surface area contributed by atoms with E-state index in [9.17, 15) is 18.0 Å². The molecule has 1 atom stereocenters. The summed E-state index contributed by atoms with van der Waals surface area (Å²) in [6.07, 6.45) is 1.25. The second-order valence-corrected chi connectivity index (χ2v) is 10.6. The van der Waals surface area contributed by atoms with E-state index in [2.05, 4.69) is 20.3 Å². The van der Waals surface area contributed by atoms with E-state index in [1.54, 1.807) is 26.0 Å². The van der Waals surface area contributed by atoms with Crippen molar-refractivity contribution in [3.63, 3.8) is 0 Å². The third-order valence-electron chi connectivity index (χ3n) is 3.92. The lowest BCUT2D eigenvalue weighted by atomic mass is 10.1. The van der Waals surface area contributed by atoms with Crippen LogP contribution < -0.4 is 9.62 Å². The summed E-state index contributed by atoms with van der Waals surface area (Å²) in [5.74, 6) is -0.900. The second-order valence-electron chi connectivity index (χ2n) is 6.14. The first-order valence-corrected chi connectivity index (χ1v) is 12.7. The molecule has 1 heterocycles. The minimum absolute atomic E-state index is 0.0621. The van der Waals surface area contributed by atoms with E-state index in [4.69, 9.17) is 11.6 Å². The van der Waals surface area contributed by atoms with Gasteiger partial charge in [0.2, 0.25) is 21.1 Å². The zero-order chi connectivity index (χ0) is 22.5. The van der Waals surface area contributed by atoms with Gasteiger partial charge in [-0.15, -0.1) is 10.2 Å². The van der Waals surface area contributed by atoms with Gasteiger partial charge >= 0.3 is 5.97 Å². The summed E-state index contributed by atoms with van der Waals surface area (Å²) in [4.78, 5) is 24.2.